The third-order valence-corrected chi connectivity index (χ3v) is 3.67. The highest BCUT2D eigenvalue weighted by Crippen LogP contribution is 2.25. The molecule has 0 amide bonds. The maximum atomic E-state index is 11.0. The third-order valence-electron chi connectivity index (χ3n) is 3.67. The van der Waals surface area contributed by atoms with Crippen LogP contribution >= 0.6 is 0 Å². The van der Waals surface area contributed by atoms with Crippen molar-refractivity contribution in [1.82, 2.24) is 14.8 Å². The highest BCUT2D eigenvalue weighted by atomic mass is 16.6. The third kappa shape index (κ3) is 2.61. The first-order valence-corrected chi connectivity index (χ1v) is 7.02. The molecule has 1 aliphatic rings. The predicted molar refractivity (Wildman–Crippen MR) is 78.3 cm³/mol. The Labute approximate surface area is 126 Å². The second kappa shape index (κ2) is 5.81. The quantitative estimate of drug-likeness (QED) is 0.664. The van der Waals surface area contributed by atoms with Gasteiger partial charge in [-0.15, -0.1) is 10.2 Å². The standard InChI is InChI=1S/C14H14N6O2/c15-9-10-3-4-12(20(21)22)11(8-10)16-6-5-14-18-17-13-2-1-7-19(13)14/h3-4,8,16H,1-2,5-7H2. The normalized spacial score (nSPS) is 12.7. The zero-order valence-corrected chi connectivity index (χ0v) is 11.8. The van der Waals surface area contributed by atoms with E-state index < -0.39 is 4.92 Å². The first kappa shape index (κ1) is 14.0. The number of aromatic nitrogens is 3. The number of nitro groups is 1. The van der Waals surface area contributed by atoms with Gasteiger partial charge in [-0.2, -0.15) is 5.26 Å². The number of hydrogen-bond donors (Lipinski definition) is 1. The van der Waals surface area contributed by atoms with Crippen molar-refractivity contribution < 1.29 is 4.92 Å². The van der Waals surface area contributed by atoms with Gasteiger partial charge in [0.15, 0.2) is 0 Å². The van der Waals surface area contributed by atoms with Gasteiger partial charge in [0.2, 0.25) is 0 Å². The number of hydrogen-bond acceptors (Lipinski definition) is 6. The summed E-state index contributed by atoms with van der Waals surface area (Å²) in [6.45, 7) is 1.43. The summed E-state index contributed by atoms with van der Waals surface area (Å²) in [5.41, 5.74) is 0.701. The molecule has 1 aromatic heterocycles. The smallest absolute Gasteiger partial charge is 0.292 e. The molecule has 22 heavy (non-hydrogen) atoms. The minimum Gasteiger partial charge on any atom is -0.379 e. The lowest BCUT2D eigenvalue weighted by Gasteiger charge is -2.07. The Hall–Kier alpha value is -2.95. The van der Waals surface area contributed by atoms with E-state index in [0.29, 0.717) is 24.2 Å². The monoisotopic (exact) mass is 298 g/mol. The Morgan fingerprint density at radius 1 is 1.45 bits per heavy atom. The largest absolute Gasteiger partial charge is 0.379 e. The molecule has 2 heterocycles. The number of anilines is 1. The molecule has 112 valence electrons. The molecule has 0 atom stereocenters. The molecule has 0 saturated heterocycles. The predicted octanol–water partition coefficient (Wildman–Crippen LogP) is 1.66. The van der Waals surface area contributed by atoms with Crippen molar-refractivity contribution in [2.24, 2.45) is 0 Å². The number of nitro benzene ring substituents is 1. The minimum atomic E-state index is -0.460. The number of nitrogens with zero attached hydrogens (tertiary/aromatic N) is 5. The number of nitriles is 1. The van der Waals surface area contributed by atoms with E-state index in [2.05, 4.69) is 20.1 Å². The lowest BCUT2D eigenvalue weighted by atomic mass is 10.2. The molecule has 8 nitrogen and oxygen atoms in total. The molecular formula is C14H14N6O2. The number of aryl methyl sites for hydroxylation is 1. The van der Waals surface area contributed by atoms with Gasteiger partial charge in [0, 0.05) is 32.0 Å². The molecule has 2 aromatic rings. The molecule has 1 N–H and O–H groups in total. The van der Waals surface area contributed by atoms with Crippen molar-refractivity contribution in [3.8, 4) is 6.07 Å². The molecule has 0 spiro atoms. The van der Waals surface area contributed by atoms with Gasteiger partial charge in [0.05, 0.1) is 16.6 Å². The molecule has 0 bridgehead atoms. The van der Waals surface area contributed by atoms with E-state index in [1.165, 1.54) is 18.2 Å². The number of rotatable bonds is 5. The molecule has 1 aliphatic heterocycles. The highest BCUT2D eigenvalue weighted by Gasteiger charge is 2.18. The number of benzene rings is 1. The zero-order chi connectivity index (χ0) is 15.5. The molecule has 0 unspecified atom stereocenters. The van der Waals surface area contributed by atoms with Crippen LogP contribution in [0.3, 0.4) is 0 Å². The fourth-order valence-electron chi connectivity index (χ4n) is 2.61. The van der Waals surface area contributed by atoms with Gasteiger partial charge in [-0.3, -0.25) is 10.1 Å². The van der Waals surface area contributed by atoms with E-state index in [1.807, 2.05) is 6.07 Å². The lowest BCUT2D eigenvalue weighted by Crippen LogP contribution is -2.11. The van der Waals surface area contributed by atoms with Gasteiger partial charge in [-0.05, 0) is 18.6 Å². The Balaban J connectivity index is 1.70. The van der Waals surface area contributed by atoms with E-state index in [-0.39, 0.29) is 5.69 Å². The van der Waals surface area contributed by atoms with Crippen molar-refractivity contribution in [3.63, 3.8) is 0 Å². The van der Waals surface area contributed by atoms with Crippen LogP contribution in [0.25, 0.3) is 0 Å². The summed E-state index contributed by atoms with van der Waals surface area (Å²) in [4.78, 5) is 10.6. The van der Waals surface area contributed by atoms with Crippen LogP contribution in [0.15, 0.2) is 18.2 Å². The Morgan fingerprint density at radius 2 is 2.32 bits per heavy atom. The van der Waals surface area contributed by atoms with Gasteiger partial charge >= 0.3 is 0 Å². The lowest BCUT2D eigenvalue weighted by molar-refractivity contribution is -0.384. The van der Waals surface area contributed by atoms with E-state index in [0.717, 1.165) is 31.0 Å². The Morgan fingerprint density at radius 3 is 3.09 bits per heavy atom. The second-order valence-corrected chi connectivity index (χ2v) is 5.07. The summed E-state index contributed by atoms with van der Waals surface area (Å²) in [6, 6.07) is 6.26. The fraction of sp³-hybridized carbons (Fsp3) is 0.357. The summed E-state index contributed by atoms with van der Waals surface area (Å²) in [6.07, 6.45) is 2.66. The summed E-state index contributed by atoms with van der Waals surface area (Å²) in [7, 11) is 0. The first-order chi connectivity index (χ1) is 10.7. The summed E-state index contributed by atoms with van der Waals surface area (Å²) in [5, 5.41) is 31.2. The van der Waals surface area contributed by atoms with Gasteiger partial charge in [0.25, 0.3) is 5.69 Å². The first-order valence-electron chi connectivity index (χ1n) is 7.02. The van der Waals surface area contributed by atoms with Crippen molar-refractivity contribution in [2.75, 3.05) is 11.9 Å². The van der Waals surface area contributed by atoms with Crippen LogP contribution < -0.4 is 5.32 Å². The van der Waals surface area contributed by atoms with E-state index in [4.69, 9.17) is 5.26 Å². The molecule has 0 radical (unpaired) electrons. The molecule has 8 heteroatoms. The maximum absolute atomic E-state index is 11.0. The molecule has 0 fully saturated rings. The van der Waals surface area contributed by atoms with Crippen LogP contribution in [0.1, 0.15) is 23.6 Å². The molecule has 0 saturated carbocycles. The maximum Gasteiger partial charge on any atom is 0.292 e. The van der Waals surface area contributed by atoms with Crippen LogP contribution in [0.5, 0.6) is 0 Å². The second-order valence-electron chi connectivity index (χ2n) is 5.07. The van der Waals surface area contributed by atoms with Crippen molar-refractivity contribution in [2.45, 2.75) is 25.8 Å². The topological polar surface area (TPSA) is 110 Å². The van der Waals surface area contributed by atoms with Gasteiger partial charge in [0.1, 0.15) is 17.3 Å². The number of nitrogens with one attached hydrogen (secondary N) is 1. The molecular weight excluding hydrogens is 284 g/mol. The summed E-state index contributed by atoms with van der Waals surface area (Å²) < 4.78 is 2.10. The van der Waals surface area contributed by atoms with Crippen LogP contribution in [-0.2, 0) is 19.4 Å². The van der Waals surface area contributed by atoms with Crippen LogP contribution in [0, 0.1) is 21.4 Å². The molecule has 1 aromatic carbocycles. The molecule has 0 aliphatic carbocycles. The van der Waals surface area contributed by atoms with Gasteiger partial charge in [-0.1, -0.05) is 0 Å². The SMILES string of the molecule is N#Cc1ccc([N+](=O)[O-])c(NCCc2nnc3n2CCC3)c1. The highest BCUT2D eigenvalue weighted by molar-refractivity contribution is 5.64. The molecule has 3 rings (SSSR count). The Kier molecular flexibility index (Phi) is 3.70. The van der Waals surface area contributed by atoms with Gasteiger partial charge in [-0.25, -0.2) is 0 Å². The van der Waals surface area contributed by atoms with E-state index in [1.54, 1.807) is 0 Å². The summed E-state index contributed by atoms with van der Waals surface area (Å²) in [5.74, 6) is 1.89. The van der Waals surface area contributed by atoms with Crippen molar-refractivity contribution >= 4 is 11.4 Å². The fourth-order valence-corrected chi connectivity index (χ4v) is 2.61. The Bertz CT molecular complexity index is 761. The number of fused-ring (bicyclic) bond motifs is 1. The minimum absolute atomic E-state index is 0.0366. The zero-order valence-electron chi connectivity index (χ0n) is 11.8. The van der Waals surface area contributed by atoms with Gasteiger partial charge < -0.3 is 9.88 Å². The van der Waals surface area contributed by atoms with Crippen LogP contribution in [0.4, 0.5) is 11.4 Å². The van der Waals surface area contributed by atoms with Crippen LogP contribution in [0.2, 0.25) is 0 Å². The van der Waals surface area contributed by atoms with Crippen molar-refractivity contribution in [1.29, 1.82) is 5.26 Å². The van der Waals surface area contributed by atoms with E-state index >= 15 is 0 Å². The average Bonchev–Trinajstić information content (AvgIpc) is 3.11. The average molecular weight is 298 g/mol. The van der Waals surface area contributed by atoms with Crippen molar-refractivity contribution in [3.05, 3.63) is 45.5 Å². The van der Waals surface area contributed by atoms with E-state index in [9.17, 15) is 10.1 Å². The summed E-state index contributed by atoms with van der Waals surface area (Å²) >= 11 is 0. The van der Waals surface area contributed by atoms with Crippen LogP contribution in [-0.4, -0.2) is 26.2 Å².